The van der Waals surface area contributed by atoms with E-state index in [0.717, 1.165) is 42.9 Å². The molecule has 4 nitrogen and oxygen atoms in total. The van der Waals surface area contributed by atoms with Crippen LogP contribution in [0.25, 0.3) is 0 Å². The number of hydrogen-bond acceptors (Lipinski definition) is 4. The lowest BCUT2D eigenvalue weighted by molar-refractivity contribution is 0.0720. The molecule has 1 saturated heterocycles. The van der Waals surface area contributed by atoms with Gasteiger partial charge in [0.2, 0.25) is 0 Å². The highest BCUT2D eigenvalue weighted by molar-refractivity contribution is 5.44. The van der Waals surface area contributed by atoms with Gasteiger partial charge in [0.25, 0.3) is 0 Å². The van der Waals surface area contributed by atoms with E-state index in [9.17, 15) is 0 Å². The largest absolute Gasteiger partial charge is 0.493 e. The fourth-order valence-electron chi connectivity index (χ4n) is 3.16. The van der Waals surface area contributed by atoms with Crippen molar-refractivity contribution in [1.82, 2.24) is 0 Å². The van der Waals surface area contributed by atoms with Gasteiger partial charge in [0.15, 0.2) is 0 Å². The highest BCUT2D eigenvalue weighted by Crippen LogP contribution is 2.40. The van der Waals surface area contributed by atoms with E-state index >= 15 is 0 Å². The SMILES string of the molecule is CC1(C)CC(N)c2ccc(OCCC3CCCO3)cc2O1. The molecule has 0 radical (unpaired) electrons. The summed E-state index contributed by atoms with van der Waals surface area (Å²) in [6.45, 7) is 5.71. The average molecular weight is 291 g/mol. The maximum Gasteiger partial charge on any atom is 0.128 e. The number of ether oxygens (including phenoxy) is 3. The second-order valence-electron chi connectivity index (χ2n) is 6.64. The lowest BCUT2D eigenvalue weighted by atomic mass is 9.90. The normalized spacial score (nSPS) is 27.0. The summed E-state index contributed by atoms with van der Waals surface area (Å²) in [4.78, 5) is 0. The first-order chi connectivity index (χ1) is 10.0. The van der Waals surface area contributed by atoms with Gasteiger partial charge >= 0.3 is 0 Å². The Hall–Kier alpha value is -1.26. The zero-order valence-corrected chi connectivity index (χ0v) is 12.9. The molecule has 3 rings (SSSR count). The van der Waals surface area contributed by atoms with Crippen molar-refractivity contribution in [3.63, 3.8) is 0 Å². The van der Waals surface area contributed by atoms with Gasteiger partial charge in [-0.05, 0) is 32.8 Å². The zero-order valence-electron chi connectivity index (χ0n) is 12.9. The molecular weight excluding hydrogens is 266 g/mol. The van der Waals surface area contributed by atoms with Crippen molar-refractivity contribution in [2.24, 2.45) is 5.73 Å². The fourth-order valence-corrected chi connectivity index (χ4v) is 3.16. The summed E-state index contributed by atoms with van der Waals surface area (Å²) in [6.07, 6.45) is 4.47. The molecular formula is C17H25NO3. The van der Waals surface area contributed by atoms with Crippen molar-refractivity contribution >= 4 is 0 Å². The van der Waals surface area contributed by atoms with Crippen LogP contribution >= 0.6 is 0 Å². The van der Waals surface area contributed by atoms with Gasteiger partial charge in [0.05, 0.1) is 12.7 Å². The van der Waals surface area contributed by atoms with Crippen molar-refractivity contribution in [3.05, 3.63) is 23.8 Å². The minimum absolute atomic E-state index is 0.0321. The molecule has 0 spiro atoms. The molecule has 0 amide bonds. The summed E-state index contributed by atoms with van der Waals surface area (Å²) in [5, 5.41) is 0. The predicted molar refractivity (Wildman–Crippen MR) is 81.8 cm³/mol. The first-order valence-corrected chi connectivity index (χ1v) is 7.86. The second-order valence-corrected chi connectivity index (χ2v) is 6.64. The van der Waals surface area contributed by atoms with E-state index in [1.165, 1.54) is 6.42 Å². The standard InChI is InChI=1S/C17H25NO3/c1-17(2)11-15(18)14-6-5-13(10-16(14)21-17)20-9-7-12-4-3-8-19-12/h5-6,10,12,15H,3-4,7-9,11,18H2,1-2H3. The fraction of sp³-hybridized carbons (Fsp3) is 0.647. The van der Waals surface area contributed by atoms with E-state index in [4.69, 9.17) is 19.9 Å². The van der Waals surface area contributed by atoms with Gasteiger partial charge in [0, 0.05) is 37.1 Å². The summed E-state index contributed by atoms with van der Waals surface area (Å²) in [6, 6.07) is 6.00. The van der Waals surface area contributed by atoms with Crippen molar-refractivity contribution in [3.8, 4) is 11.5 Å². The maximum absolute atomic E-state index is 6.22. The van der Waals surface area contributed by atoms with Gasteiger partial charge in [-0.25, -0.2) is 0 Å². The topological polar surface area (TPSA) is 53.7 Å². The van der Waals surface area contributed by atoms with Crippen LogP contribution in [0.5, 0.6) is 11.5 Å². The summed E-state index contributed by atoms with van der Waals surface area (Å²) in [5.41, 5.74) is 7.07. The Morgan fingerprint density at radius 2 is 2.24 bits per heavy atom. The summed E-state index contributed by atoms with van der Waals surface area (Å²) < 4.78 is 17.5. The van der Waals surface area contributed by atoms with Gasteiger partial charge in [-0.2, -0.15) is 0 Å². The Labute approximate surface area is 126 Å². The minimum atomic E-state index is -0.220. The Bertz CT molecular complexity index is 495. The van der Waals surface area contributed by atoms with Crippen LogP contribution in [0.15, 0.2) is 18.2 Å². The smallest absolute Gasteiger partial charge is 0.128 e. The lowest BCUT2D eigenvalue weighted by Crippen LogP contribution is -2.37. The first kappa shape index (κ1) is 14.7. The Morgan fingerprint density at radius 3 is 3.00 bits per heavy atom. The molecule has 1 aromatic rings. The molecule has 2 unspecified atom stereocenters. The van der Waals surface area contributed by atoms with Crippen LogP contribution in [0.3, 0.4) is 0 Å². The number of benzene rings is 1. The van der Waals surface area contributed by atoms with Crippen molar-refractivity contribution < 1.29 is 14.2 Å². The van der Waals surface area contributed by atoms with Crippen LogP contribution in [0.2, 0.25) is 0 Å². The number of hydrogen-bond donors (Lipinski definition) is 1. The van der Waals surface area contributed by atoms with Gasteiger partial charge in [-0.15, -0.1) is 0 Å². The molecule has 2 atom stereocenters. The van der Waals surface area contributed by atoms with Crippen molar-refractivity contribution in [2.45, 2.75) is 57.3 Å². The summed E-state index contributed by atoms with van der Waals surface area (Å²) in [7, 11) is 0. The molecule has 2 aliphatic rings. The van der Waals surface area contributed by atoms with E-state index in [1.54, 1.807) is 0 Å². The zero-order chi connectivity index (χ0) is 14.9. The summed E-state index contributed by atoms with van der Waals surface area (Å²) >= 11 is 0. The molecule has 2 heterocycles. The number of rotatable bonds is 4. The van der Waals surface area contributed by atoms with Crippen LogP contribution in [0, 0.1) is 0 Å². The molecule has 116 valence electrons. The van der Waals surface area contributed by atoms with E-state index in [0.29, 0.717) is 12.7 Å². The summed E-state index contributed by atoms with van der Waals surface area (Å²) in [5.74, 6) is 1.70. The Kier molecular flexibility index (Phi) is 4.09. The maximum atomic E-state index is 6.22. The van der Waals surface area contributed by atoms with Crippen LogP contribution in [0.4, 0.5) is 0 Å². The number of nitrogens with two attached hydrogens (primary N) is 1. The predicted octanol–water partition coefficient (Wildman–Crippen LogP) is 3.20. The van der Waals surface area contributed by atoms with Gasteiger partial charge < -0.3 is 19.9 Å². The third-order valence-electron chi connectivity index (χ3n) is 4.21. The average Bonchev–Trinajstić information content (AvgIpc) is 2.90. The molecule has 2 aliphatic heterocycles. The van der Waals surface area contributed by atoms with Gasteiger partial charge in [-0.3, -0.25) is 0 Å². The van der Waals surface area contributed by atoms with Gasteiger partial charge in [0.1, 0.15) is 17.1 Å². The van der Waals surface area contributed by atoms with Crippen molar-refractivity contribution in [1.29, 1.82) is 0 Å². The first-order valence-electron chi connectivity index (χ1n) is 7.86. The van der Waals surface area contributed by atoms with E-state index in [2.05, 4.69) is 13.8 Å². The molecule has 0 bridgehead atoms. The van der Waals surface area contributed by atoms with Crippen LogP contribution in [-0.2, 0) is 4.74 Å². The third-order valence-corrected chi connectivity index (χ3v) is 4.21. The van der Waals surface area contributed by atoms with E-state index < -0.39 is 0 Å². The monoisotopic (exact) mass is 291 g/mol. The van der Waals surface area contributed by atoms with Crippen LogP contribution < -0.4 is 15.2 Å². The van der Waals surface area contributed by atoms with Crippen LogP contribution in [0.1, 0.15) is 51.1 Å². The highest BCUT2D eigenvalue weighted by Gasteiger charge is 2.31. The second kappa shape index (κ2) is 5.85. The van der Waals surface area contributed by atoms with Gasteiger partial charge in [-0.1, -0.05) is 6.07 Å². The number of fused-ring (bicyclic) bond motifs is 1. The molecule has 4 heteroatoms. The molecule has 2 N–H and O–H groups in total. The molecule has 21 heavy (non-hydrogen) atoms. The van der Waals surface area contributed by atoms with Crippen LogP contribution in [-0.4, -0.2) is 24.9 Å². The molecule has 0 aromatic heterocycles. The highest BCUT2D eigenvalue weighted by atomic mass is 16.5. The van der Waals surface area contributed by atoms with E-state index in [-0.39, 0.29) is 11.6 Å². The quantitative estimate of drug-likeness (QED) is 0.925. The molecule has 0 saturated carbocycles. The lowest BCUT2D eigenvalue weighted by Gasteiger charge is -2.36. The van der Waals surface area contributed by atoms with E-state index in [1.807, 2.05) is 18.2 Å². The molecule has 1 fully saturated rings. The van der Waals surface area contributed by atoms with Crippen molar-refractivity contribution in [2.75, 3.05) is 13.2 Å². The Balaban J connectivity index is 1.62. The Morgan fingerprint density at radius 1 is 1.38 bits per heavy atom. The molecule has 0 aliphatic carbocycles. The molecule has 1 aromatic carbocycles. The minimum Gasteiger partial charge on any atom is -0.493 e. The third kappa shape index (κ3) is 3.50.